The maximum atomic E-state index is 14.4. The summed E-state index contributed by atoms with van der Waals surface area (Å²) in [6.07, 6.45) is -0.711. The van der Waals surface area contributed by atoms with Crippen molar-refractivity contribution in [3.63, 3.8) is 0 Å². The van der Waals surface area contributed by atoms with Crippen molar-refractivity contribution in [2.45, 2.75) is 0 Å². The Morgan fingerprint density at radius 3 is 2.82 bits per heavy atom. The maximum Gasteiger partial charge on any atom is 0.411 e. The van der Waals surface area contributed by atoms with Gasteiger partial charge in [0.05, 0.1) is 26.6 Å². The van der Waals surface area contributed by atoms with Crippen LogP contribution < -0.4 is 4.90 Å². The third-order valence-electron chi connectivity index (χ3n) is 3.10. The predicted octanol–water partition coefficient (Wildman–Crippen LogP) is 4.42. The van der Waals surface area contributed by atoms with Gasteiger partial charge >= 0.3 is 6.09 Å². The van der Waals surface area contributed by atoms with Gasteiger partial charge in [0.15, 0.2) is 11.6 Å². The summed E-state index contributed by atoms with van der Waals surface area (Å²) in [7, 11) is 0. The number of nitrogens with zero attached hydrogens (tertiary/aromatic N) is 2. The molecule has 0 saturated carbocycles. The molecule has 0 aliphatic heterocycles. The van der Waals surface area contributed by atoms with E-state index in [0.717, 1.165) is 6.20 Å². The minimum absolute atomic E-state index is 0.00830. The highest BCUT2D eigenvalue weighted by Crippen LogP contribution is 2.40. The number of hydrogen-bond donors (Lipinski definition) is 2. The molecule has 1 amide bonds. The summed E-state index contributed by atoms with van der Waals surface area (Å²) in [5.74, 6) is -2.79. The quantitative estimate of drug-likeness (QED) is 0.684. The van der Waals surface area contributed by atoms with Gasteiger partial charge in [-0.3, -0.25) is 4.90 Å². The lowest BCUT2D eigenvalue weighted by molar-refractivity contribution is 0.203. The summed E-state index contributed by atoms with van der Waals surface area (Å²) in [4.78, 5) is 17.8. The van der Waals surface area contributed by atoms with Crippen LogP contribution in [0, 0.1) is 11.6 Å². The molecule has 2 N–H and O–H groups in total. The maximum absolute atomic E-state index is 14.4. The molecular formula is C13H7Cl2F2N3O2. The molecule has 2 aromatic heterocycles. The zero-order chi connectivity index (χ0) is 18.7. The number of anilines is 1. The second-order valence-electron chi connectivity index (χ2n) is 4.33. The summed E-state index contributed by atoms with van der Waals surface area (Å²) in [6, 6.07) is 0.475. The topological polar surface area (TPSA) is 69.2 Å². The zero-order valence-corrected chi connectivity index (χ0v) is 11.9. The van der Waals surface area contributed by atoms with Crippen LogP contribution in [0.25, 0.3) is 21.9 Å². The number of nitrogens with one attached hydrogen (secondary N) is 1. The molecule has 0 unspecified atom stereocenters. The molecule has 114 valence electrons. The molecule has 22 heavy (non-hydrogen) atoms. The summed E-state index contributed by atoms with van der Waals surface area (Å²) in [6.45, 7) is -3.16. The fourth-order valence-corrected chi connectivity index (χ4v) is 2.54. The standard InChI is InChI=1S/C13H7Cl2F2N3O2/c1-20(13(21)22)6-2-5(16)10(17)8-7-9(15)4(14)3-18-12(7)19-11(6)8/h2-3H,1H3,(H,18,19)(H,21,22)/i1D3. The predicted molar refractivity (Wildman–Crippen MR) is 80.0 cm³/mol. The number of halogens is 4. The first-order valence-corrected chi connectivity index (χ1v) is 6.46. The van der Waals surface area contributed by atoms with Crippen molar-refractivity contribution in [3.8, 4) is 0 Å². The Kier molecular flexibility index (Phi) is 2.58. The van der Waals surface area contributed by atoms with E-state index in [1.165, 1.54) is 0 Å². The Morgan fingerprint density at radius 2 is 2.18 bits per heavy atom. The largest absolute Gasteiger partial charge is 0.465 e. The van der Waals surface area contributed by atoms with Crippen molar-refractivity contribution in [1.82, 2.24) is 9.97 Å². The van der Waals surface area contributed by atoms with Gasteiger partial charge in [-0.15, -0.1) is 0 Å². The number of benzene rings is 1. The number of amides is 1. The molecule has 0 saturated heterocycles. The van der Waals surface area contributed by atoms with Crippen LogP contribution in [-0.4, -0.2) is 28.1 Å². The van der Waals surface area contributed by atoms with Gasteiger partial charge in [0.2, 0.25) is 0 Å². The molecule has 1 aromatic carbocycles. The zero-order valence-electron chi connectivity index (χ0n) is 13.4. The smallest absolute Gasteiger partial charge is 0.411 e. The average molecular weight is 349 g/mol. The Labute approximate surface area is 136 Å². The fraction of sp³-hybridized carbons (Fsp3) is 0.0769. The van der Waals surface area contributed by atoms with E-state index < -0.39 is 35.8 Å². The minimum atomic E-state index is -3.16. The molecule has 0 spiro atoms. The third kappa shape index (κ3) is 1.97. The van der Waals surface area contributed by atoms with Gasteiger partial charge in [-0.1, -0.05) is 23.2 Å². The van der Waals surface area contributed by atoms with Crippen molar-refractivity contribution < 1.29 is 22.8 Å². The van der Waals surface area contributed by atoms with Crippen LogP contribution >= 0.6 is 23.2 Å². The first-order chi connectivity index (χ1) is 11.5. The van der Waals surface area contributed by atoms with E-state index in [2.05, 4.69) is 9.97 Å². The Hall–Kier alpha value is -2.12. The van der Waals surface area contributed by atoms with E-state index >= 15 is 0 Å². The van der Waals surface area contributed by atoms with Crippen LogP contribution in [0.3, 0.4) is 0 Å². The minimum Gasteiger partial charge on any atom is -0.465 e. The molecule has 0 radical (unpaired) electrons. The highest BCUT2D eigenvalue weighted by molar-refractivity contribution is 6.46. The van der Waals surface area contributed by atoms with Crippen LogP contribution in [-0.2, 0) is 0 Å². The summed E-state index contributed by atoms with van der Waals surface area (Å²) in [5, 5.41) is 8.53. The summed E-state index contributed by atoms with van der Waals surface area (Å²) >= 11 is 11.9. The van der Waals surface area contributed by atoms with E-state index in [1.54, 1.807) is 0 Å². The van der Waals surface area contributed by atoms with Crippen LogP contribution in [0.2, 0.25) is 10.0 Å². The number of rotatable bonds is 1. The average Bonchev–Trinajstić information content (AvgIpc) is 2.87. The monoisotopic (exact) mass is 348 g/mol. The number of hydrogen-bond acceptors (Lipinski definition) is 2. The third-order valence-corrected chi connectivity index (χ3v) is 3.87. The number of aromatic amines is 1. The normalized spacial score (nSPS) is 13.9. The molecule has 0 bridgehead atoms. The SMILES string of the molecule is [2H]C([2H])([2H])N(C(=O)O)c1cc(F)c(F)c2c1[nH]c1ncc(Cl)c(Cl)c12. The van der Waals surface area contributed by atoms with Gasteiger partial charge in [-0.05, 0) is 0 Å². The molecule has 5 nitrogen and oxygen atoms in total. The van der Waals surface area contributed by atoms with Gasteiger partial charge in [-0.25, -0.2) is 18.6 Å². The van der Waals surface area contributed by atoms with Gasteiger partial charge in [0.1, 0.15) is 5.65 Å². The molecular weight excluding hydrogens is 339 g/mol. The highest BCUT2D eigenvalue weighted by Gasteiger charge is 2.23. The Balaban J connectivity index is 2.53. The van der Waals surface area contributed by atoms with Crippen molar-refractivity contribution in [3.05, 3.63) is 33.9 Å². The van der Waals surface area contributed by atoms with E-state index in [-0.39, 0.29) is 31.5 Å². The lowest BCUT2D eigenvalue weighted by Crippen LogP contribution is -2.24. The molecule has 2 heterocycles. The number of aromatic nitrogens is 2. The highest BCUT2D eigenvalue weighted by atomic mass is 35.5. The second-order valence-corrected chi connectivity index (χ2v) is 5.11. The molecule has 3 rings (SSSR count). The van der Waals surface area contributed by atoms with E-state index in [9.17, 15) is 18.7 Å². The molecule has 0 atom stereocenters. The first kappa shape index (κ1) is 11.4. The number of carbonyl (C=O) groups is 1. The molecule has 3 aromatic rings. The van der Waals surface area contributed by atoms with Crippen molar-refractivity contribution in [2.24, 2.45) is 0 Å². The van der Waals surface area contributed by atoms with Crippen molar-refractivity contribution >= 4 is 56.9 Å². The second kappa shape index (κ2) is 4.96. The van der Waals surface area contributed by atoms with Crippen molar-refractivity contribution in [1.29, 1.82) is 0 Å². The number of H-pyrrole nitrogens is 1. The number of pyridine rings is 1. The molecule has 0 aliphatic rings. The fourth-order valence-electron chi connectivity index (χ4n) is 2.16. The van der Waals surface area contributed by atoms with Crippen LogP contribution in [0.4, 0.5) is 19.3 Å². The summed E-state index contributed by atoms with van der Waals surface area (Å²) in [5.41, 5.74) is -0.901. The van der Waals surface area contributed by atoms with Gasteiger partial charge in [0, 0.05) is 28.7 Å². The van der Waals surface area contributed by atoms with Crippen molar-refractivity contribution in [2.75, 3.05) is 11.9 Å². The van der Waals surface area contributed by atoms with Crippen LogP contribution in [0.5, 0.6) is 0 Å². The molecule has 0 aliphatic carbocycles. The van der Waals surface area contributed by atoms with E-state index in [4.69, 9.17) is 27.3 Å². The van der Waals surface area contributed by atoms with Crippen LogP contribution in [0.1, 0.15) is 4.11 Å². The van der Waals surface area contributed by atoms with Gasteiger partial charge in [-0.2, -0.15) is 0 Å². The first-order valence-electron chi connectivity index (χ1n) is 7.20. The molecule has 9 heteroatoms. The van der Waals surface area contributed by atoms with E-state index in [0.29, 0.717) is 6.07 Å². The number of fused-ring (bicyclic) bond motifs is 3. The Morgan fingerprint density at radius 1 is 1.45 bits per heavy atom. The summed E-state index contributed by atoms with van der Waals surface area (Å²) < 4.78 is 50.5. The van der Waals surface area contributed by atoms with Gasteiger partial charge < -0.3 is 10.1 Å². The molecule has 0 fully saturated rings. The number of carboxylic acid groups (broad SMARTS) is 1. The Bertz CT molecular complexity index is 1040. The lowest BCUT2D eigenvalue weighted by Gasteiger charge is -2.14. The van der Waals surface area contributed by atoms with Crippen LogP contribution in [0.15, 0.2) is 12.3 Å². The van der Waals surface area contributed by atoms with E-state index in [1.807, 2.05) is 0 Å². The van der Waals surface area contributed by atoms with Gasteiger partial charge in [0.25, 0.3) is 0 Å². The lowest BCUT2D eigenvalue weighted by atomic mass is 10.1.